The summed E-state index contributed by atoms with van der Waals surface area (Å²) < 4.78 is 0. The van der Waals surface area contributed by atoms with Crippen molar-refractivity contribution < 1.29 is 53.7 Å². The molecule has 0 radical (unpaired) electrons. The van der Waals surface area contributed by atoms with Gasteiger partial charge >= 0.3 is 17.9 Å². The Bertz CT molecular complexity index is 1870. The van der Waals surface area contributed by atoms with E-state index in [-0.39, 0.29) is 147 Å². The zero-order valence-electron chi connectivity index (χ0n) is 40.6. The lowest BCUT2D eigenvalue weighted by Crippen LogP contribution is -2.66. The van der Waals surface area contributed by atoms with Crippen LogP contribution in [0.4, 0.5) is 0 Å². The van der Waals surface area contributed by atoms with Crippen LogP contribution in [0, 0.1) is 11.8 Å². The molecule has 1 aromatic rings. The van der Waals surface area contributed by atoms with Crippen LogP contribution in [-0.4, -0.2) is 220 Å². The van der Waals surface area contributed by atoms with Gasteiger partial charge in [-0.15, -0.1) is 0 Å². The molecule has 4 heterocycles. The minimum Gasteiger partial charge on any atom is -0.480 e. The summed E-state index contributed by atoms with van der Waals surface area (Å²) in [5.41, 5.74) is 0.291. The smallest absolute Gasteiger partial charge is 0.317 e. The molecule has 5 amide bonds. The van der Waals surface area contributed by atoms with Crippen molar-refractivity contribution in [3.8, 4) is 0 Å². The Morgan fingerprint density at radius 2 is 1.20 bits per heavy atom. The molecule has 69 heavy (non-hydrogen) atoms. The van der Waals surface area contributed by atoms with Crippen molar-refractivity contribution in [2.24, 2.45) is 11.8 Å². The lowest BCUT2D eigenvalue weighted by Gasteiger charge is -2.42. The standard InChI is InChI=1S/C46H74N10O11S2/c1-5-33(4)42-44(66)47-12-24-69-31-35-8-6-7-34(48-35)30-68-23-9-37(57)51-46(45(67)49-36(25-32(2)3)43(65)50-42)10-13-56(14-11-46)38(58)26-52-15-17-53(27-39(59)60)19-21-55(29-41(63)64)22-20-54(18-16-52)28-40(61)62/h6-8,32-33,36,42H,5,9-31H2,1-4H3,(H,47,66)(H,49,67)(H,50,65)(H,51,57)(H,59,60)(H,61,62)(H,63,64)/t33-,36?,42-/m0/s1. The van der Waals surface area contributed by atoms with E-state index in [9.17, 15) is 53.7 Å². The van der Waals surface area contributed by atoms with E-state index < -0.39 is 47.3 Å². The second kappa shape index (κ2) is 29.0. The van der Waals surface area contributed by atoms with E-state index in [0.29, 0.717) is 36.0 Å². The fourth-order valence-electron chi connectivity index (χ4n) is 8.47. The van der Waals surface area contributed by atoms with Crippen molar-refractivity contribution in [1.82, 2.24) is 50.8 Å². The van der Waals surface area contributed by atoms with E-state index in [0.717, 1.165) is 11.4 Å². The number of piperidine rings is 1. The van der Waals surface area contributed by atoms with Gasteiger partial charge in [-0.2, -0.15) is 23.5 Å². The molecule has 21 nitrogen and oxygen atoms in total. The van der Waals surface area contributed by atoms with E-state index in [2.05, 4.69) is 21.3 Å². The monoisotopic (exact) mass is 1010 g/mol. The summed E-state index contributed by atoms with van der Waals surface area (Å²) in [6.45, 7) is 9.18. The summed E-state index contributed by atoms with van der Waals surface area (Å²) in [5.74, 6) is -3.15. The Morgan fingerprint density at radius 1 is 0.710 bits per heavy atom. The Labute approximate surface area is 414 Å². The number of nitrogens with zero attached hydrogens (tertiary/aromatic N) is 6. The number of nitrogens with one attached hydrogen (secondary N) is 4. The first-order valence-electron chi connectivity index (χ1n) is 24.0. The Morgan fingerprint density at radius 3 is 1.68 bits per heavy atom. The van der Waals surface area contributed by atoms with Gasteiger partial charge in [-0.05, 0) is 43.2 Å². The number of likely N-dealkylation sites (tertiary alicyclic amines) is 1. The van der Waals surface area contributed by atoms with Gasteiger partial charge in [0.25, 0.3) is 0 Å². The van der Waals surface area contributed by atoms with Crippen LogP contribution < -0.4 is 21.3 Å². The predicted octanol–water partition coefficient (Wildman–Crippen LogP) is 0.0825. The fraction of sp³-hybridized carbons (Fsp3) is 0.717. The van der Waals surface area contributed by atoms with Crippen LogP contribution >= 0.6 is 23.5 Å². The van der Waals surface area contributed by atoms with Gasteiger partial charge in [0.15, 0.2) is 0 Å². The summed E-state index contributed by atoms with van der Waals surface area (Å²) in [7, 11) is 0. The average molecular weight is 1010 g/mol. The molecule has 2 saturated heterocycles. The van der Waals surface area contributed by atoms with Gasteiger partial charge in [0.1, 0.15) is 17.6 Å². The first-order chi connectivity index (χ1) is 32.9. The van der Waals surface area contributed by atoms with Crippen molar-refractivity contribution >= 4 is 71.0 Å². The maximum atomic E-state index is 14.7. The number of carbonyl (C=O) groups is 8. The van der Waals surface area contributed by atoms with Crippen LogP contribution in [0.15, 0.2) is 18.2 Å². The molecule has 7 N–H and O–H groups in total. The molecule has 4 rings (SSSR count). The molecule has 0 saturated carbocycles. The molecule has 0 aromatic carbocycles. The first-order valence-corrected chi connectivity index (χ1v) is 26.3. The maximum absolute atomic E-state index is 14.7. The molecule has 3 aliphatic rings. The van der Waals surface area contributed by atoms with Crippen molar-refractivity contribution in [1.29, 1.82) is 0 Å². The number of carboxylic acid groups (broad SMARTS) is 3. The van der Waals surface area contributed by atoms with Gasteiger partial charge in [-0.3, -0.25) is 62.9 Å². The zero-order valence-corrected chi connectivity index (χ0v) is 42.3. The number of fused-ring (bicyclic) bond motifs is 2. The van der Waals surface area contributed by atoms with Crippen molar-refractivity contribution in [2.75, 3.05) is 110 Å². The quantitative estimate of drug-likeness (QED) is 0.146. The Kier molecular flexibility index (Phi) is 23.9. The Balaban J connectivity index is 1.56. The highest BCUT2D eigenvalue weighted by molar-refractivity contribution is 7.98. The number of pyridine rings is 1. The summed E-state index contributed by atoms with van der Waals surface area (Å²) in [5, 5.41) is 40.7. The van der Waals surface area contributed by atoms with Gasteiger partial charge < -0.3 is 41.5 Å². The number of carbonyl (C=O) groups excluding carboxylic acids is 5. The topological polar surface area (TPSA) is 274 Å². The van der Waals surface area contributed by atoms with Crippen molar-refractivity contribution in [2.45, 2.75) is 88.9 Å². The van der Waals surface area contributed by atoms with Crippen LogP contribution in [0.25, 0.3) is 0 Å². The van der Waals surface area contributed by atoms with Gasteiger partial charge in [-0.25, -0.2) is 0 Å². The van der Waals surface area contributed by atoms with Crippen molar-refractivity contribution in [3.05, 3.63) is 29.6 Å². The number of aliphatic carboxylic acids is 3. The van der Waals surface area contributed by atoms with Crippen LogP contribution in [-0.2, 0) is 49.9 Å². The molecular weight excluding hydrogens is 933 g/mol. The highest BCUT2D eigenvalue weighted by atomic mass is 32.2. The minimum atomic E-state index is -1.48. The molecule has 1 unspecified atom stereocenters. The summed E-state index contributed by atoms with van der Waals surface area (Å²) in [6.07, 6.45) is 1.05. The van der Waals surface area contributed by atoms with Crippen LogP contribution in [0.1, 0.15) is 71.2 Å². The lowest BCUT2D eigenvalue weighted by molar-refractivity contribution is -0.142. The number of carboxylic acids is 3. The summed E-state index contributed by atoms with van der Waals surface area (Å²) in [4.78, 5) is 119. The van der Waals surface area contributed by atoms with Gasteiger partial charge in [0.2, 0.25) is 29.5 Å². The highest BCUT2D eigenvalue weighted by Gasteiger charge is 2.45. The molecule has 23 heteroatoms. The second-order valence-electron chi connectivity index (χ2n) is 18.6. The normalized spacial score (nSPS) is 22.9. The SMILES string of the molecule is CC[C@H](C)[C@@H]1NC(=O)C(CC(C)C)NC(=O)C2(CCN(C(=O)CN3CCN(CC(=O)O)CCN(CC(=O)O)CCN(CC(=O)O)CC3)CC2)NC(=O)CCSCc2cccc(n2)CSCCNC1=O. The zero-order chi connectivity index (χ0) is 50.5. The van der Waals surface area contributed by atoms with E-state index in [1.807, 2.05) is 50.8 Å². The average Bonchev–Trinajstić information content (AvgIpc) is 3.29. The van der Waals surface area contributed by atoms with E-state index in [4.69, 9.17) is 4.98 Å². The van der Waals surface area contributed by atoms with Crippen LogP contribution in [0.3, 0.4) is 0 Å². The molecule has 1 aromatic heterocycles. The third-order valence-electron chi connectivity index (χ3n) is 12.7. The number of rotatable bonds is 12. The molecule has 3 aliphatic heterocycles. The predicted molar refractivity (Wildman–Crippen MR) is 262 cm³/mol. The minimum absolute atomic E-state index is 0.0339. The molecular formula is C46H74N10O11S2. The molecule has 1 spiro atoms. The van der Waals surface area contributed by atoms with Gasteiger partial charge in [0, 0.05) is 101 Å². The number of hydrogen-bond acceptors (Lipinski definition) is 15. The van der Waals surface area contributed by atoms with E-state index in [1.54, 1.807) is 43.1 Å². The third-order valence-corrected chi connectivity index (χ3v) is 14.6. The second-order valence-corrected chi connectivity index (χ2v) is 20.8. The number of aromatic nitrogens is 1. The van der Waals surface area contributed by atoms with E-state index in [1.165, 1.54) is 0 Å². The fourth-order valence-corrected chi connectivity index (χ4v) is 10.1. The van der Waals surface area contributed by atoms with Crippen LogP contribution in [0.5, 0.6) is 0 Å². The molecule has 386 valence electrons. The number of amides is 5. The largest absolute Gasteiger partial charge is 0.480 e. The third kappa shape index (κ3) is 20.0. The maximum Gasteiger partial charge on any atom is 0.317 e. The Hall–Kier alpha value is -4.55. The molecule has 2 bridgehead atoms. The number of hydrogen-bond donors (Lipinski definition) is 7. The first kappa shape index (κ1) is 57.0. The highest BCUT2D eigenvalue weighted by Crippen LogP contribution is 2.25. The van der Waals surface area contributed by atoms with Gasteiger partial charge in [0.05, 0.1) is 37.6 Å². The summed E-state index contributed by atoms with van der Waals surface area (Å²) in [6, 6.07) is 3.94. The van der Waals surface area contributed by atoms with E-state index >= 15 is 0 Å². The molecule has 2 fully saturated rings. The molecule has 0 aliphatic carbocycles. The summed E-state index contributed by atoms with van der Waals surface area (Å²) >= 11 is 3.18. The van der Waals surface area contributed by atoms with Crippen LogP contribution in [0.2, 0.25) is 0 Å². The molecule has 3 atom stereocenters. The lowest BCUT2D eigenvalue weighted by atomic mass is 9.85. The number of thioether (sulfide) groups is 2. The van der Waals surface area contributed by atoms with Gasteiger partial charge in [-0.1, -0.05) is 40.2 Å². The van der Waals surface area contributed by atoms with Crippen molar-refractivity contribution in [3.63, 3.8) is 0 Å².